The Balaban J connectivity index is 1.68. The average molecular weight is 272 g/mol. The van der Waals surface area contributed by atoms with E-state index in [0.29, 0.717) is 11.2 Å². The molecule has 0 radical (unpaired) electrons. The van der Waals surface area contributed by atoms with E-state index in [2.05, 4.69) is 65.0 Å². The monoisotopic (exact) mass is 272 g/mol. The third-order valence-electron chi connectivity index (χ3n) is 5.47. The lowest BCUT2D eigenvalue weighted by molar-refractivity contribution is 0.00578. The Morgan fingerprint density at radius 3 is 2.10 bits per heavy atom. The molecule has 1 aromatic rings. The van der Waals surface area contributed by atoms with E-state index < -0.39 is 0 Å². The van der Waals surface area contributed by atoms with Gasteiger partial charge in [0.1, 0.15) is 0 Å². The van der Waals surface area contributed by atoms with E-state index in [1.807, 2.05) is 0 Å². The van der Waals surface area contributed by atoms with Gasteiger partial charge in [-0.2, -0.15) is 0 Å². The fraction of sp³-hybridized carbons (Fsp3) is 0.647. The van der Waals surface area contributed by atoms with Crippen LogP contribution in [0.15, 0.2) is 30.3 Å². The van der Waals surface area contributed by atoms with Crippen LogP contribution < -0.4 is 0 Å². The van der Waals surface area contributed by atoms with Crippen molar-refractivity contribution in [2.24, 2.45) is 5.41 Å². The first-order chi connectivity index (χ1) is 9.24. The SMILES string of the molecule is CC1(C)OB([C@@H]2C[C@@]2(C)Cc2ccccc2)OC1(C)C. The first kappa shape index (κ1) is 14.2. The van der Waals surface area contributed by atoms with Crippen molar-refractivity contribution >= 4 is 7.12 Å². The summed E-state index contributed by atoms with van der Waals surface area (Å²) >= 11 is 0. The maximum Gasteiger partial charge on any atom is 0.461 e. The lowest BCUT2D eigenvalue weighted by atomic mass is 9.75. The highest BCUT2D eigenvalue weighted by molar-refractivity contribution is 6.49. The predicted octanol–water partition coefficient (Wildman–Crippen LogP) is 4.10. The predicted molar refractivity (Wildman–Crippen MR) is 82.7 cm³/mol. The highest BCUT2D eigenvalue weighted by Crippen LogP contribution is 2.63. The van der Waals surface area contributed by atoms with Gasteiger partial charge in [-0.25, -0.2) is 0 Å². The van der Waals surface area contributed by atoms with E-state index in [1.165, 1.54) is 12.0 Å². The Labute approximate surface area is 123 Å². The summed E-state index contributed by atoms with van der Waals surface area (Å²) < 4.78 is 12.4. The van der Waals surface area contributed by atoms with Crippen LogP contribution in [0.25, 0.3) is 0 Å². The molecule has 0 N–H and O–H groups in total. The molecule has 20 heavy (non-hydrogen) atoms. The molecule has 1 aliphatic carbocycles. The van der Waals surface area contributed by atoms with Crippen molar-refractivity contribution in [3.05, 3.63) is 35.9 Å². The molecule has 0 unspecified atom stereocenters. The van der Waals surface area contributed by atoms with Gasteiger partial charge in [-0.3, -0.25) is 0 Å². The molecule has 3 heteroatoms. The molecular formula is C17H25BO2. The lowest BCUT2D eigenvalue weighted by Gasteiger charge is -2.32. The standard InChI is InChI=1S/C17H25BO2/c1-15(2)16(3,4)20-18(19-15)14-12-17(14,5)11-13-9-7-6-8-10-13/h6-10,14H,11-12H2,1-5H3/t14-,17-/m1/s1. The van der Waals surface area contributed by atoms with Crippen LogP contribution in [0.2, 0.25) is 5.82 Å². The van der Waals surface area contributed by atoms with Crippen molar-refractivity contribution in [1.29, 1.82) is 0 Å². The van der Waals surface area contributed by atoms with Gasteiger partial charge >= 0.3 is 7.12 Å². The molecule has 2 fully saturated rings. The van der Waals surface area contributed by atoms with E-state index in [0.717, 1.165) is 6.42 Å². The Hall–Kier alpha value is -0.795. The first-order valence-electron chi connectivity index (χ1n) is 7.63. The molecule has 0 spiro atoms. The molecule has 1 saturated heterocycles. The van der Waals surface area contributed by atoms with E-state index >= 15 is 0 Å². The third-order valence-corrected chi connectivity index (χ3v) is 5.47. The zero-order chi connectivity index (χ0) is 14.6. The summed E-state index contributed by atoms with van der Waals surface area (Å²) in [5, 5.41) is 0. The van der Waals surface area contributed by atoms with Crippen LogP contribution in [0.4, 0.5) is 0 Å². The number of hydrogen-bond donors (Lipinski definition) is 0. The molecule has 0 bridgehead atoms. The van der Waals surface area contributed by atoms with Crippen molar-refractivity contribution in [2.45, 2.75) is 64.5 Å². The second kappa shape index (κ2) is 4.35. The van der Waals surface area contributed by atoms with Crippen LogP contribution in [0.1, 0.15) is 46.6 Å². The Morgan fingerprint density at radius 2 is 1.55 bits per heavy atom. The summed E-state index contributed by atoms with van der Waals surface area (Å²) in [6.07, 6.45) is 2.31. The fourth-order valence-corrected chi connectivity index (χ4v) is 3.19. The molecule has 1 aliphatic heterocycles. The van der Waals surface area contributed by atoms with Crippen LogP contribution in [-0.2, 0) is 15.7 Å². The summed E-state index contributed by atoms with van der Waals surface area (Å²) in [4.78, 5) is 0. The van der Waals surface area contributed by atoms with Crippen molar-refractivity contribution in [3.63, 3.8) is 0 Å². The van der Waals surface area contributed by atoms with Crippen LogP contribution in [0.5, 0.6) is 0 Å². The second-order valence-electron chi connectivity index (χ2n) is 7.75. The van der Waals surface area contributed by atoms with Crippen molar-refractivity contribution in [3.8, 4) is 0 Å². The topological polar surface area (TPSA) is 18.5 Å². The highest BCUT2D eigenvalue weighted by atomic mass is 16.7. The van der Waals surface area contributed by atoms with E-state index in [4.69, 9.17) is 9.31 Å². The largest absolute Gasteiger partial charge is 0.461 e. The Morgan fingerprint density at radius 1 is 1.00 bits per heavy atom. The normalized spacial score (nSPS) is 34.2. The van der Waals surface area contributed by atoms with Crippen molar-refractivity contribution in [2.75, 3.05) is 0 Å². The molecule has 2 aliphatic rings. The highest BCUT2D eigenvalue weighted by Gasteiger charge is 2.64. The quantitative estimate of drug-likeness (QED) is 0.771. The second-order valence-corrected chi connectivity index (χ2v) is 7.75. The smallest absolute Gasteiger partial charge is 0.403 e. The summed E-state index contributed by atoms with van der Waals surface area (Å²) in [5.74, 6) is 0.517. The molecule has 1 saturated carbocycles. The van der Waals surface area contributed by atoms with Gasteiger partial charge < -0.3 is 9.31 Å². The molecule has 108 valence electrons. The molecule has 1 aromatic carbocycles. The summed E-state index contributed by atoms with van der Waals surface area (Å²) in [6, 6.07) is 10.7. The maximum absolute atomic E-state index is 6.20. The van der Waals surface area contributed by atoms with Gasteiger partial charge in [-0.1, -0.05) is 37.3 Å². The average Bonchev–Trinajstić information content (AvgIpc) is 2.94. The molecule has 2 nitrogen and oxygen atoms in total. The fourth-order valence-electron chi connectivity index (χ4n) is 3.19. The lowest BCUT2D eigenvalue weighted by Crippen LogP contribution is -2.41. The number of hydrogen-bond acceptors (Lipinski definition) is 2. The molecule has 1 heterocycles. The molecule has 3 rings (SSSR count). The summed E-state index contributed by atoms with van der Waals surface area (Å²) in [7, 11) is -0.0475. The number of benzene rings is 1. The number of rotatable bonds is 3. The minimum atomic E-state index is -0.214. The minimum Gasteiger partial charge on any atom is -0.403 e. The van der Waals surface area contributed by atoms with E-state index in [-0.39, 0.29) is 18.3 Å². The summed E-state index contributed by atoms with van der Waals surface area (Å²) in [5.41, 5.74) is 1.30. The zero-order valence-electron chi connectivity index (χ0n) is 13.3. The van der Waals surface area contributed by atoms with Crippen LogP contribution in [0.3, 0.4) is 0 Å². The van der Waals surface area contributed by atoms with Gasteiger partial charge in [-0.05, 0) is 51.5 Å². The zero-order valence-corrected chi connectivity index (χ0v) is 13.3. The molecule has 2 atom stereocenters. The van der Waals surface area contributed by atoms with Gasteiger partial charge in [0.05, 0.1) is 11.2 Å². The van der Waals surface area contributed by atoms with Gasteiger partial charge in [0, 0.05) is 5.82 Å². The van der Waals surface area contributed by atoms with Crippen molar-refractivity contribution < 1.29 is 9.31 Å². The van der Waals surface area contributed by atoms with Gasteiger partial charge in [-0.15, -0.1) is 0 Å². The van der Waals surface area contributed by atoms with Gasteiger partial charge in [0.2, 0.25) is 0 Å². The third kappa shape index (κ3) is 2.31. The van der Waals surface area contributed by atoms with Crippen LogP contribution in [0, 0.1) is 5.41 Å². The molecule has 0 aromatic heterocycles. The first-order valence-corrected chi connectivity index (χ1v) is 7.63. The van der Waals surface area contributed by atoms with Crippen LogP contribution in [-0.4, -0.2) is 18.3 Å². The van der Waals surface area contributed by atoms with Gasteiger partial charge in [0.15, 0.2) is 0 Å². The van der Waals surface area contributed by atoms with Crippen LogP contribution >= 0.6 is 0 Å². The molecular weight excluding hydrogens is 247 g/mol. The summed E-state index contributed by atoms with van der Waals surface area (Å²) in [6.45, 7) is 10.9. The van der Waals surface area contributed by atoms with E-state index in [1.54, 1.807) is 0 Å². The maximum atomic E-state index is 6.20. The Bertz CT molecular complexity index is 481. The molecule has 0 amide bonds. The van der Waals surface area contributed by atoms with E-state index in [9.17, 15) is 0 Å². The van der Waals surface area contributed by atoms with Gasteiger partial charge in [0.25, 0.3) is 0 Å². The minimum absolute atomic E-state index is 0.0475. The van der Waals surface area contributed by atoms with Crippen molar-refractivity contribution in [1.82, 2.24) is 0 Å². The Kier molecular flexibility index (Phi) is 3.08.